The Morgan fingerprint density at radius 3 is 2.48 bits per heavy atom. The maximum absolute atomic E-state index is 10.8. The number of nitrogens with zero attached hydrogens (tertiary/aromatic N) is 3. The molecule has 3 aromatic rings. The van der Waals surface area contributed by atoms with Gasteiger partial charge < -0.3 is 5.11 Å². The van der Waals surface area contributed by atoms with Crippen LogP contribution in [0, 0.1) is 0 Å². The van der Waals surface area contributed by atoms with Crippen LogP contribution in [0.3, 0.4) is 0 Å². The monoisotopic (exact) mass is 277 g/mol. The minimum Gasteiger partial charge on any atom is -0.478 e. The number of carboxylic acid groups (broad SMARTS) is 1. The van der Waals surface area contributed by atoms with E-state index >= 15 is 0 Å². The molecule has 5 heteroatoms. The van der Waals surface area contributed by atoms with Gasteiger partial charge in [-0.15, -0.1) is 0 Å². The van der Waals surface area contributed by atoms with Crippen LogP contribution in [0.25, 0.3) is 11.0 Å². The minimum atomic E-state index is -0.953. The molecule has 3 rings (SSSR count). The van der Waals surface area contributed by atoms with Crippen molar-refractivity contribution in [1.82, 2.24) is 9.97 Å². The van der Waals surface area contributed by atoms with Gasteiger partial charge in [-0.1, -0.05) is 12.1 Å². The zero-order valence-electron chi connectivity index (χ0n) is 11.0. The SMILES string of the molecule is O=C(O)c1ccc(N=Cc2cnc3ccccc3n2)cc1. The number of fused-ring (bicyclic) bond motifs is 1. The van der Waals surface area contributed by atoms with E-state index in [1.54, 1.807) is 24.5 Å². The van der Waals surface area contributed by atoms with Gasteiger partial charge in [-0.3, -0.25) is 9.98 Å². The van der Waals surface area contributed by atoms with E-state index in [0.29, 0.717) is 11.4 Å². The third-order valence-corrected chi connectivity index (χ3v) is 2.93. The molecule has 2 aromatic carbocycles. The van der Waals surface area contributed by atoms with Gasteiger partial charge in [0.25, 0.3) is 0 Å². The summed E-state index contributed by atoms with van der Waals surface area (Å²) >= 11 is 0. The number of carboxylic acids is 1. The number of aromatic nitrogens is 2. The van der Waals surface area contributed by atoms with E-state index in [1.807, 2.05) is 24.3 Å². The summed E-state index contributed by atoms with van der Waals surface area (Å²) in [6, 6.07) is 13.9. The van der Waals surface area contributed by atoms with Crippen molar-refractivity contribution in [1.29, 1.82) is 0 Å². The molecule has 0 fully saturated rings. The van der Waals surface area contributed by atoms with Crippen LogP contribution in [-0.4, -0.2) is 27.3 Å². The summed E-state index contributed by atoms with van der Waals surface area (Å²) in [6.45, 7) is 0. The Hall–Kier alpha value is -3.08. The van der Waals surface area contributed by atoms with E-state index in [4.69, 9.17) is 5.11 Å². The molecule has 0 unspecified atom stereocenters. The van der Waals surface area contributed by atoms with E-state index in [2.05, 4.69) is 15.0 Å². The molecule has 0 amide bonds. The number of hydrogen-bond donors (Lipinski definition) is 1. The molecule has 0 atom stereocenters. The lowest BCUT2D eigenvalue weighted by atomic mass is 10.2. The predicted molar refractivity (Wildman–Crippen MR) is 80.2 cm³/mol. The smallest absolute Gasteiger partial charge is 0.335 e. The van der Waals surface area contributed by atoms with Gasteiger partial charge in [0.05, 0.1) is 34.7 Å². The van der Waals surface area contributed by atoms with Crippen LogP contribution >= 0.6 is 0 Å². The normalized spacial score (nSPS) is 11.0. The number of benzene rings is 2. The van der Waals surface area contributed by atoms with Crippen LogP contribution < -0.4 is 0 Å². The molecule has 0 saturated heterocycles. The highest BCUT2D eigenvalue weighted by Crippen LogP contribution is 2.13. The number of para-hydroxylation sites is 2. The molecule has 0 saturated carbocycles. The van der Waals surface area contributed by atoms with E-state index in [9.17, 15) is 4.79 Å². The lowest BCUT2D eigenvalue weighted by Crippen LogP contribution is -1.94. The van der Waals surface area contributed by atoms with Crippen molar-refractivity contribution in [2.75, 3.05) is 0 Å². The molecule has 0 aliphatic rings. The Kier molecular flexibility index (Phi) is 3.39. The van der Waals surface area contributed by atoms with Crippen molar-refractivity contribution < 1.29 is 9.90 Å². The average molecular weight is 277 g/mol. The first-order chi connectivity index (χ1) is 10.2. The molecule has 0 aliphatic heterocycles. The van der Waals surface area contributed by atoms with Gasteiger partial charge in [-0.25, -0.2) is 9.78 Å². The second-order valence-electron chi connectivity index (χ2n) is 4.39. The number of carbonyl (C=O) groups is 1. The van der Waals surface area contributed by atoms with Gasteiger partial charge in [0, 0.05) is 0 Å². The molecule has 0 bridgehead atoms. The Balaban J connectivity index is 1.85. The van der Waals surface area contributed by atoms with Crippen LogP contribution in [-0.2, 0) is 0 Å². The van der Waals surface area contributed by atoms with Gasteiger partial charge in [-0.2, -0.15) is 0 Å². The average Bonchev–Trinajstić information content (AvgIpc) is 2.53. The highest BCUT2D eigenvalue weighted by Gasteiger charge is 2.01. The quantitative estimate of drug-likeness (QED) is 0.746. The molecule has 102 valence electrons. The first-order valence-electron chi connectivity index (χ1n) is 6.31. The van der Waals surface area contributed by atoms with Crippen LogP contribution in [0.1, 0.15) is 16.1 Å². The first-order valence-corrected chi connectivity index (χ1v) is 6.31. The van der Waals surface area contributed by atoms with Crippen molar-refractivity contribution in [3.05, 3.63) is 66.0 Å². The van der Waals surface area contributed by atoms with Gasteiger partial charge in [0.15, 0.2) is 0 Å². The largest absolute Gasteiger partial charge is 0.478 e. The molecule has 0 aliphatic carbocycles. The zero-order valence-corrected chi connectivity index (χ0v) is 11.0. The summed E-state index contributed by atoms with van der Waals surface area (Å²) in [7, 11) is 0. The summed E-state index contributed by atoms with van der Waals surface area (Å²) in [5.74, 6) is -0.953. The second-order valence-corrected chi connectivity index (χ2v) is 4.39. The first kappa shape index (κ1) is 12.9. The number of hydrogen-bond acceptors (Lipinski definition) is 4. The van der Waals surface area contributed by atoms with Crippen molar-refractivity contribution in [2.24, 2.45) is 4.99 Å². The maximum Gasteiger partial charge on any atom is 0.335 e. The molecular formula is C16H11N3O2. The predicted octanol–water partition coefficient (Wildman–Crippen LogP) is 3.08. The molecule has 21 heavy (non-hydrogen) atoms. The number of aliphatic imine (C=N–C) groups is 1. The summed E-state index contributed by atoms with van der Waals surface area (Å²) in [6.07, 6.45) is 3.26. The summed E-state index contributed by atoms with van der Waals surface area (Å²) in [4.78, 5) is 23.8. The van der Waals surface area contributed by atoms with Gasteiger partial charge >= 0.3 is 5.97 Å². The Labute approximate surface area is 120 Å². The van der Waals surface area contributed by atoms with Crippen molar-refractivity contribution in [3.8, 4) is 0 Å². The van der Waals surface area contributed by atoms with Crippen LogP contribution in [0.15, 0.2) is 59.7 Å². The number of rotatable bonds is 3. The Morgan fingerprint density at radius 1 is 1.05 bits per heavy atom. The molecule has 1 heterocycles. The fraction of sp³-hybridized carbons (Fsp3) is 0. The standard InChI is InChI=1S/C16H11N3O2/c20-16(21)11-5-7-12(8-6-11)17-9-13-10-18-14-3-1-2-4-15(14)19-13/h1-10H,(H,20,21). The lowest BCUT2D eigenvalue weighted by molar-refractivity contribution is 0.0697. The number of aromatic carboxylic acids is 1. The third-order valence-electron chi connectivity index (χ3n) is 2.93. The van der Waals surface area contributed by atoms with Crippen molar-refractivity contribution in [3.63, 3.8) is 0 Å². The molecule has 1 N–H and O–H groups in total. The molecule has 5 nitrogen and oxygen atoms in total. The maximum atomic E-state index is 10.8. The Bertz CT molecular complexity index is 826. The van der Waals surface area contributed by atoms with Crippen molar-refractivity contribution in [2.45, 2.75) is 0 Å². The van der Waals surface area contributed by atoms with E-state index < -0.39 is 5.97 Å². The van der Waals surface area contributed by atoms with Gasteiger partial charge in [0.2, 0.25) is 0 Å². The molecule has 0 radical (unpaired) electrons. The third kappa shape index (κ3) is 2.92. The Morgan fingerprint density at radius 2 is 1.76 bits per heavy atom. The van der Waals surface area contributed by atoms with E-state index in [-0.39, 0.29) is 5.56 Å². The highest BCUT2D eigenvalue weighted by atomic mass is 16.4. The molecule has 1 aromatic heterocycles. The van der Waals surface area contributed by atoms with Crippen LogP contribution in [0.5, 0.6) is 0 Å². The summed E-state index contributed by atoms with van der Waals surface area (Å²) in [5, 5.41) is 8.83. The second kappa shape index (κ2) is 5.50. The van der Waals surface area contributed by atoms with E-state index in [1.165, 1.54) is 12.1 Å². The molecular weight excluding hydrogens is 266 g/mol. The summed E-state index contributed by atoms with van der Waals surface area (Å²) in [5.41, 5.74) is 3.19. The zero-order chi connectivity index (χ0) is 14.7. The van der Waals surface area contributed by atoms with Gasteiger partial charge in [-0.05, 0) is 36.4 Å². The van der Waals surface area contributed by atoms with Crippen LogP contribution in [0.4, 0.5) is 5.69 Å². The van der Waals surface area contributed by atoms with Gasteiger partial charge in [0.1, 0.15) is 5.69 Å². The minimum absolute atomic E-state index is 0.236. The van der Waals surface area contributed by atoms with Crippen molar-refractivity contribution >= 4 is 28.9 Å². The topological polar surface area (TPSA) is 75.4 Å². The van der Waals surface area contributed by atoms with Crippen LogP contribution in [0.2, 0.25) is 0 Å². The highest BCUT2D eigenvalue weighted by molar-refractivity contribution is 5.88. The fourth-order valence-electron chi connectivity index (χ4n) is 1.86. The fourth-order valence-corrected chi connectivity index (χ4v) is 1.86. The van der Waals surface area contributed by atoms with E-state index in [0.717, 1.165) is 11.0 Å². The summed E-state index contributed by atoms with van der Waals surface area (Å²) < 4.78 is 0. The lowest BCUT2D eigenvalue weighted by Gasteiger charge is -1.98. The molecule has 0 spiro atoms.